The van der Waals surface area contributed by atoms with Gasteiger partial charge in [0, 0.05) is 24.0 Å². The monoisotopic (exact) mass is 285 g/mol. The molecule has 2 aromatic carbocycles. The van der Waals surface area contributed by atoms with Crippen LogP contribution in [-0.2, 0) is 12.3 Å². The lowest BCUT2D eigenvalue weighted by atomic mass is 9.83. The average Bonchev–Trinajstić information content (AvgIpc) is 2.53. The van der Waals surface area contributed by atoms with E-state index in [-0.39, 0.29) is 0 Å². The molecule has 0 saturated carbocycles. The van der Waals surface area contributed by atoms with Crippen LogP contribution in [0.4, 0.5) is 5.69 Å². The number of aryl methyl sites for hydroxylation is 1. The number of benzene rings is 2. The summed E-state index contributed by atoms with van der Waals surface area (Å²) in [6.45, 7) is 1.01. The number of hydrogen-bond donors (Lipinski definition) is 1. The summed E-state index contributed by atoms with van der Waals surface area (Å²) in [5, 5.41) is 3.56. The molecular formula is C18H20ClN. The van der Waals surface area contributed by atoms with Crippen LogP contribution in [0.2, 0.25) is 0 Å². The minimum atomic E-state index is 0.580. The Morgan fingerprint density at radius 1 is 1.05 bits per heavy atom. The molecule has 0 bridgehead atoms. The molecule has 0 radical (unpaired) electrons. The highest BCUT2D eigenvalue weighted by atomic mass is 35.5. The van der Waals surface area contributed by atoms with Gasteiger partial charge < -0.3 is 5.32 Å². The van der Waals surface area contributed by atoms with Crippen molar-refractivity contribution in [1.82, 2.24) is 0 Å². The third-order valence-corrected chi connectivity index (χ3v) is 4.46. The molecule has 1 N–H and O–H groups in total. The summed E-state index contributed by atoms with van der Waals surface area (Å²) in [6.07, 6.45) is 3.81. The van der Waals surface area contributed by atoms with Gasteiger partial charge in [-0.25, -0.2) is 0 Å². The zero-order valence-corrected chi connectivity index (χ0v) is 12.4. The van der Waals surface area contributed by atoms with Crippen LogP contribution in [0.15, 0.2) is 48.5 Å². The minimum Gasteiger partial charge on any atom is -0.384 e. The largest absolute Gasteiger partial charge is 0.384 e. The second kappa shape index (κ2) is 6.32. The van der Waals surface area contributed by atoms with E-state index >= 15 is 0 Å². The van der Waals surface area contributed by atoms with Crippen molar-refractivity contribution in [3.8, 4) is 0 Å². The first kappa shape index (κ1) is 13.5. The van der Waals surface area contributed by atoms with Gasteiger partial charge in [-0.15, -0.1) is 11.6 Å². The Balaban J connectivity index is 1.66. The molecule has 0 aliphatic heterocycles. The molecule has 0 heterocycles. The smallest absolute Gasteiger partial charge is 0.0474 e. The summed E-state index contributed by atoms with van der Waals surface area (Å²) in [6, 6.07) is 17.3. The second-order valence-electron chi connectivity index (χ2n) is 5.50. The summed E-state index contributed by atoms with van der Waals surface area (Å²) in [5.41, 5.74) is 5.41. The summed E-state index contributed by atoms with van der Waals surface area (Å²) in [5.74, 6) is 1.21. The van der Waals surface area contributed by atoms with Crippen molar-refractivity contribution in [3.05, 3.63) is 65.2 Å². The molecule has 1 aliphatic rings. The molecule has 1 nitrogen and oxygen atoms in total. The Labute approximate surface area is 126 Å². The summed E-state index contributed by atoms with van der Waals surface area (Å²) < 4.78 is 0. The van der Waals surface area contributed by atoms with Crippen LogP contribution in [0.5, 0.6) is 0 Å². The number of hydrogen-bond acceptors (Lipinski definition) is 1. The van der Waals surface area contributed by atoms with Crippen LogP contribution >= 0.6 is 11.6 Å². The molecule has 0 spiro atoms. The van der Waals surface area contributed by atoms with E-state index in [0.717, 1.165) is 6.54 Å². The molecular weight excluding hydrogens is 266 g/mol. The quantitative estimate of drug-likeness (QED) is 0.783. The van der Waals surface area contributed by atoms with Gasteiger partial charge in [0.25, 0.3) is 0 Å². The Hall–Kier alpha value is -1.47. The van der Waals surface area contributed by atoms with E-state index in [2.05, 4.69) is 53.8 Å². The zero-order chi connectivity index (χ0) is 13.8. The van der Waals surface area contributed by atoms with E-state index in [9.17, 15) is 0 Å². The number of fused-ring (bicyclic) bond motifs is 1. The second-order valence-corrected chi connectivity index (χ2v) is 5.77. The van der Waals surface area contributed by atoms with E-state index < -0.39 is 0 Å². The number of rotatable bonds is 4. The highest BCUT2D eigenvalue weighted by molar-refractivity contribution is 6.17. The molecule has 1 atom stereocenters. The average molecular weight is 286 g/mol. The predicted molar refractivity (Wildman–Crippen MR) is 86.6 cm³/mol. The molecule has 1 aliphatic carbocycles. The Morgan fingerprint density at radius 2 is 1.85 bits per heavy atom. The minimum absolute atomic E-state index is 0.580. The van der Waals surface area contributed by atoms with Gasteiger partial charge in [0.05, 0.1) is 0 Å². The maximum atomic E-state index is 5.81. The van der Waals surface area contributed by atoms with Gasteiger partial charge in [-0.05, 0) is 48.1 Å². The lowest BCUT2D eigenvalue weighted by Crippen LogP contribution is -2.18. The van der Waals surface area contributed by atoms with Crippen molar-refractivity contribution in [3.63, 3.8) is 0 Å². The van der Waals surface area contributed by atoms with Crippen LogP contribution in [0.1, 0.15) is 35.4 Å². The fraction of sp³-hybridized carbons (Fsp3) is 0.333. The standard InChI is InChI=1S/C18H20ClN/c19-12-14-8-10-17(11-9-14)20-13-16-6-3-5-15-4-1-2-7-18(15)16/h1-2,4,7-11,16,20H,3,5-6,12-13H2. The van der Waals surface area contributed by atoms with Gasteiger partial charge in [0.2, 0.25) is 0 Å². The highest BCUT2D eigenvalue weighted by Crippen LogP contribution is 2.31. The van der Waals surface area contributed by atoms with Crippen LogP contribution < -0.4 is 5.32 Å². The van der Waals surface area contributed by atoms with Crippen molar-refractivity contribution in [2.45, 2.75) is 31.1 Å². The number of nitrogens with one attached hydrogen (secondary N) is 1. The number of halogens is 1. The molecule has 104 valence electrons. The predicted octanol–water partition coefficient (Wildman–Crippen LogP) is 4.96. The topological polar surface area (TPSA) is 12.0 Å². The normalized spacial score (nSPS) is 17.6. The molecule has 1 unspecified atom stereocenters. The Bertz CT molecular complexity index is 562. The molecule has 2 aromatic rings. The molecule has 0 aromatic heterocycles. The molecule has 0 saturated heterocycles. The molecule has 0 amide bonds. The fourth-order valence-electron chi connectivity index (χ4n) is 3.02. The fourth-order valence-corrected chi connectivity index (χ4v) is 3.20. The lowest BCUT2D eigenvalue weighted by molar-refractivity contribution is 0.572. The van der Waals surface area contributed by atoms with Gasteiger partial charge in [-0.1, -0.05) is 36.4 Å². The Morgan fingerprint density at radius 3 is 2.65 bits per heavy atom. The van der Waals surface area contributed by atoms with Crippen molar-refractivity contribution in [2.75, 3.05) is 11.9 Å². The zero-order valence-electron chi connectivity index (χ0n) is 11.6. The highest BCUT2D eigenvalue weighted by Gasteiger charge is 2.19. The molecule has 3 rings (SSSR count). The van der Waals surface area contributed by atoms with Crippen LogP contribution in [0.3, 0.4) is 0 Å². The van der Waals surface area contributed by atoms with Gasteiger partial charge in [-0.2, -0.15) is 0 Å². The van der Waals surface area contributed by atoms with Gasteiger partial charge in [-0.3, -0.25) is 0 Å². The van der Waals surface area contributed by atoms with Crippen molar-refractivity contribution < 1.29 is 0 Å². The summed E-state index contributed by atoms with van der Waals surface area (Å²) >= 11 is 5.81. The van der Waals surface area contributed by atoms with E-state index in [1.807, 2.05) is 0 Å². The van der Waals surface area contributed by atoms with Crippen LogP contribution in [-0.4, -0.2) is 6.54 Å². The van der Waals surface area contributed by atoms with Crippen molar-refractivity contribution >= 4 is 17.3 Å². The third-order valence-electron chi connectivity index (χ3n) is 4.15. The summed E-state index contributed by atoms with van der Waals surface area (Å²) in [7, 11) is 0. The van der Waals surface area contributed by atoms with Crippen molar-refractivity contribution in [1.29, 1.82) is 0 Å². The first-order valence-electron chi connectivity index (χ1n) is 7.33. The first-order chi connectivity index (χ1) is 9.86. The van der Waals surface area contributed by atoms with Crippen LogP contribution in [0, 0.1) is 0 Å². The van der Waals surface area contributed by atoms with Gasteiger partial charge in [0.15, 0.2) is 0 Å². The van der Waals surface area contributed by atoms with E-state index in [0.29, 0.717) is 11.8 Å². The molecule has 20 heavy (non-hydrogen) atoms. The molecule has 0 fully saturated rings. The van der Waals surface area contributed by atoms with Crippen molar-refractivity contribution in [2.24, 2.45) is 0 Å². The summed E-state index contributed by atoms with van der Waals surface area (Å²) in [4.78, 5) is 0. The van der Waals surface area contributed by atoms with Gasteiger partial charge in [0.1, 0.15) is 0 Å². The van der Waals surface area contributed by atoms with Crippen LogP contribution in [0.25, 0.3) is 0 Å². The van der Waals surface area contributed by atoms with E-state index in [4.69, 9.17) is 11.6 Å². The Kier molecular flexibility index (Phi) is 4.27. The lowest BCUT2D eigenvalue weighted by Gasteiger charge is -2.26. The maximum absolute atomic E-state index is 5.81. The SMILES string of the molecule is ClCc1ccc(NCC2CCCc3ccccc32)cc1. The number of alkyl halides is 1. The number of anilines is 1. The maximum Gasteiger partial charge on any atom is 0.0474 e. The third kappa shape index (κ3) is 2.99. The van der Waals surface area contributed by atoms with E-state index in [1.54, 1.807) is 0 Å². The van der Waals surface area contributed by atoms with E-state index in [1.165, 1.54) is 41.6 Å². The molecule has 2 heteroatoms. The van der Waals surface area contributed by atoms with Gasteiger partial charge >= 0.3 is 0 Å². The first-order valence-corrected chi connectivity index (χ1v) is 7.87.